The third kappa shape index (κ3) is 3.89. The number of morpholine rings is 1. The Kier molecular flexibility index (Phi) is 5.25. The highest BCUT2D eigenvalue weighted by atomic mass is 32.1. The number of thiophene rings is 1. The Morgan fingerprint density at radius 2 is 2.39 bits per heavy atom. The molecule has 3 heterocycles. The summed E-state index contributed by atoms with van der Waals surface area (Å²) in [7, 11) is 0. The van der Waals surface area contributed by atoms with E-state index in [0.717, 1.165) is 25.3 Å². The van der Waals surface area contributed by atoms with Crippen LogP contribution >= 0.6 is 11.3 Å². The molecule has 0 bridgehead atoms. The van der Waals surface area contributed by atoms with Crippen LogP contribution in [0.4, 0.5) is 5.82 Å². The molecule has 6 heteroatoms. The number of amides is 1. The zero-order valence-corrected chi connectivity index (χ0v) is 14.0. The van der Waals surface area contributed by atoms with Crippen molar-refractivity contribution in [3.05, 3.63) is 46.3 Å². The zero-order chi connectivity index (χ0) is 16.1. The molecule has 0 saturated carbocycles. The van der Waals surface area contributed by atoms with Crippen LogP contribution in [0.3, 0.4) is 0 Å². The summed E-state index contributed by atoms with van der Waals surface area (Å²) in [6, 6.07) is 7.90. The van der Waals surface area contributed by atoms with Gasteiger partial charge in [-0.15, -0.1) is 11.3 Å². The van der Waals surface area contributed by atoms with E-state index in [9.17, 15) is 4.79 Å². The van der Waals surface area contributed by atoms with Crippen molar-refractivity contribution in [1.29, 1.82) is 0 Å². The molecular formula is C17H21N3O2S. The highest BCUT2D eigenvalue weighted by Crippen LogP contribution is 2.28. The van der Waals surface area contributed by atoms with Crippen LogP contribution in [0.25, 0.3) is 0 Å². The van der Waals surface area contributed by atoms with Gasteiger partial charge in [0.05, 0.1) is 18.7 Å². The van der Waals surface area contributed by atoms with Gasteiger partial charge in [-0.3, -0.25) is 4.79 Å². The second kappa shape index (κ2) is 7.57. The van der Waals surface area contributed by atoms with Gasteiger partial charge in [-0.1, -0.05) is 13.0 Å². The molecule has 1 aliphatic rings. The molecule has 1 aliphatic heterocycles. The number of nitrogens with one attached hydrogen (secondary N) is 1. The number of hydrogen-bond donors (Lipinski definition) is 1. The SMILES string of the molecule is CCCNC(=O)c1ccc(N2CCOC(c3cccs3)C2)nc1. The summed E-state index contributed by atoms with van der Waals surface area (Å²) in [6.07, 6.45) is 2.67. The number of anilines is 1. The van der Waals surface area contributed by atoms with E-state index in [1.54, 1.807) is 17.5 Å². The number of carbonyl (C=O) groups is 1. The molecule has 1 unspecified atom stereocenters. The van der Waals surface area contributed by atoms with Crippen LogP contribution in [0.15, 0.2) is 35.8 Å². The van der Waals surface area contributed by atoms with E-state index in [0.29, 0.717) is 18.7 Å². The molecule has 0 spiro atoms. The van der Waals surface area contributed by atoms with E-state index in [1.807, 2.05) is 25.1 Å². The van der Waals surface area contributed by atoms with E-state index in [4.69, 9.17) is 4.74 Å². The predicted octanol–water partition coefficient (Wildman–Crippen LogP) is 2.86. The number of rotatable bonds is 5. The minimum Gasteiger partial charge on any atom is -0.369 e. The summed E-state index contributed by atoms with van der Waals surface area (Å²) in [4.78, 5) is 19.8. The van der Waals surface area contributed by atoms with Gasteiger partial charge in [-0.2, -0.15) is 0 Å². The maximum absolute atomic E-state index is 11.9. The van der Waals surface area contributed by atoms with Crippen molar-refractivity contribution in [3.8, 4) is 0 Å². The Morgan fingerprint density at radius 3 is 3.09 bits per heavy atom. The number of ether oxygens (including phenoxy) is 1. The average molecular weight is 331 g/mol. The second-order valence-corrected chi connectivity index (χ2v) is 6.46. The Balaban J connectivity index is 1.65. The van der Waals surface area contributed by atoms with Crippen LogP contribution in [-0.4, -0.2) is 37.1 Å². The molecule has 1 N–H and O–H groups in total. The first kappa shape index (κ1) is 16.0. The highest BCUT2D eigenvalue weighted by Gasteiger charge is 2.23. The van der Waals surface area contributed by atoms with Gasteiger partial charge in [-0.25, -0.2) is 4.98 Å². The van der Waals surface area contributed by atoms with E-state index in [-0.39, 0.29) is 12.0 Å². The van der Waals surface area contributed by atoms with Crippen LogP contribution in [-0.2, 0) is 4.74 Å². The molecule has 0 aromatic carbocycles. The van der Waals surface area contributed by atoms with Gasteiger partial charge in [0.15, 0.2) is 0 Å². The molecular weight excluding hydrogens is 310 g/mol. The van der Waals surface area contributed by atoms with Crippen molar-refractivity contribution in [2.24, 2.45) is 0 Å². The van der Waals surface area contributed by atoms with Crippen molar-refractivity contribution >= 4 is 23.1 Å². The zero-order valence-electron chi connectivity index (χ0n) is 13.2. The summed E-state index contributed by atoms with van der Waals surface area (Å²) in [6.45, 7) is 5.00. The van der Waals surface area contributed by atoms with Crippen LogP contribution in [0.1, 0.15) is 34.7 Å². The van der Waals surface area contributed by atoms with Crippen LogP contribution in [0.5, 0.6) is 0 Å². The first-order chi connectivity index (χ1) is 11.3. The van der Waals surface area contributed by atoms with E-state index >= 15 is 0 Å². The molecule has 1 saturated heterocycles. The molecule has 5 nitrogen and oxygen atoms in total. The second-order valence-electron chi connectivity index (χ2n) is 5.48. The summed E-state index contributed by atoms with van der Waals surface area (Å²) in [5.41, 5.74) is 0.602. The molecule has 2 aromatic rings. The fourth-order valence-electron chi connectivity index (χ4n) is 2.55. The van der Waals surface area contributed by atoms with Gasteiger partial charge in [0.1, 0.15) is 11.9 Å². The predicted molar refractivity (Wildman–Crippen MR) is 92.1 cm³/mol. The van der Waals surface area contributed by atoms with Crippen molar-refractivity contribution in [3.63, 3.8) is 0 Å². The molecule has 0 radical (unpaired) electrons. The van der Waals surface area contributed by atoms with Crippen molar-refractivity contribution < 1.29 is 9.53 Å². The van der Waals surface area contributed by atoms with Gasteiger partial charge >= 0.3 is 0 Å². The Labute approximate surface area is 140 Å². The largest absolute Gasteiger partial charge is 0.369 e. The molecule has 1 amide bonds. The topological polar surface area (TPSA) is 54.5 Å². The molecule has 1 fully saturated rings. The maximum Gasteiger partial charge on any atom is 0.252 e. The van der Waals surface area contributed by atoms with E-state index in [1.165, 1.54) is 4.88 Å². The summed E-state index contributed by atoms with van der Waals surface area (Å²) in [5, 5.41) is 4.93. The Bertz CT molecular complexity index is 628. The summed E-state index contributed by atoms with van der Waals surface area (Å²) >= 11 is 1.72. The number of aromatic nitrogens is 1. The third-order valence-corrected chi connectivity index (χ3v) is 4.76. The lowest BCUT2D eigenvalue weighted by Gasteiger charge is -2.33. The fraction of sp³-hybridized carbons (Fsp3) is 0.412. The van der Waals surface area contributed by atoms with Crippen LogP contribution in [0.2, 0.25) is 0 Å². The van der Waals surface area contributed by atoms with Gasteiger partial charge in [-0.05, 0) is 30.0 Å². The number of pyridine rings is 1. The molecule has 0 aliphatic carbocycles. The fourth-order valence-corrected chi connectivity index (χ4v) is 3.32. The smallest absolute Gasteiger partial charge is 0.252 e. The first-order valence-corrected chi connectivity index (χ1v) is 8.80. The van der Waals surface area contributed by atoms with Gasteiger partial charge in [0.25, 0.3) is 5.91 Å². The van der Waals surface area contributed by atoms with Gasteiger partial charge < -0.3 is 15.0 Å². The lowest BCUT2D eigenvalue weighted by Crippen LogP contribution is -2.38. The lowest BCUT2D eigenvalue weighted by atomic mass is 10.2. The quantitative estimate of drug-likeness (QED) is 0.915. The molecule has 23 heavy (non-hydrogen) atoms. The van der Waals surface area contributed by atoms with Crippen LogP contribution < -0.4 is 10.2 Å². The minimum atomic E-state index is -0.0654. The van der Waals surface area contributed by atoms with Crippen molar-refractivity contribution in [2.75, 3.05) is 31.1 Å². The monoisotopic (exact) mass is 331 g/mol. The summed E-state index contributed by atoms with van der Waals surface area (Å²) in [5.74, 6) is 0.825. The van der Waals surface area contributed by atoms with Crippen molar-refractivity contribution in [1.82, 2.24) is 10.3 Å². The summed E-state index contributed by atoms with van der Waals surface area (Å²) < 4.78 is 5.86. The van der Waals surface area contributed by atoms with Gasteiger partial charge in [0, 0.05) is 24.2 Å². The number of nitrogens with zero attached hydrogens (tertiary/aromatic N) is 2. The standard InChI is InChI=1S/C17H21N3O2S/c1-2-7-18-17(21)13-5-6-16(19-11-13)20-8-9-22-14(12-20)15-4-3-10-23-15/h3-6,10-11,14H,2,7-9,12H2,1H3,(H,18,21). The molecule has 2 aromatic heterocycles. The van der Waals surface area contributed by atoms with Crippen LogP contribution in [0, 0.1) is 0 Å². The molecule has 3 rings (SSSR count). The Morgan fingerprint density at radius 1 is 1.48 bits per heavy atom. The lowest BCUT2D eigenvalue weighted by molar-refractivity contribution is 0.0418. The number of hydrogen-bond acceptors (Lipinski definition) is 5. The maximum atomic E-state index is 11.9. The molecule has 1 atom stereocenters. The highest BCUT2D eigenvalue weighted by molar-refractivity contribution is 7.10. The normalized spacial score (nSPS) is 18.0. The van der Waals surface area contributed by atoms with E-state index in [2.05, 4.69) is 26.6 Å². The van der Waals surface area contributed by atoms with Gasteiger partial charge in [0.2, 0.25) is 0 Å². The molecule has 122 valence electrons. The van der Waals surface area contributed by atoms with Crippen molar-refractivity contribution in [2.45, 2.75) is 19.4 Å². The first-order valence-electron chi connectivity index (χ1n) is 7.92. The third-order valence-electron chi connectivity index (χ3n) is 3.80. The van der Waals surface area contributed by atoms with E-state index < -0.39 is 0 Å². The minimum absolute atomic E-state index is 0.0654. The average Bonchev–Trinajstić information content (AvgIpc) is 3.14. The number of carbonyl (C=O) groups excluding carboxylic acids is 1. The Hall–Kier alpha value is -1.92.